The van der Waals surface area contributed by atoms with Gasteiger partial charge in [0, 0.05) is 22.5 Å². The van der Waals surface area contributed by atoms with Gasteiger partial charge in [-0.15, -0.1) is 11.3 Å². The molecule has 20 heavy (non-hydrogen) atoms. The highest BCUT2D eigenvalue weighted by atomic mass is 32.1. The van der Waals surface area contributed by atoms with Crippen molar-refractivity contribution in [3.05, 3.63) is 51.2 Å². The Morgan fingerprint density at radius 2 is 2.10 bits per heavy atom. The minimum atomic E-state index is 0.247. The van der Waals surface area contributed by atoms with Crippen LogP contribution in [0.2, 0.25) is 0 Å². The fraction of sp³-hybridized carbons (Fsp3) is 0.412. The minimum absolute atomic E-state index is 0.247. The van der Waals surface area contributed by atoms with E-state index >= 15 is 0 Å². The molecule has 0 radical (unpaired) electrons. The van der Waals surface area contributed by atoms with Crippen LogP contribution in [0.3, 0.4) is 0 Å². The fourth-order valence-corrected chi connectivity index (χ4v) is 4.16. The van der Waals surface area contributed by atoms with Crippen LogP contribution in [0.4, 0.5) is 0 Å². The Morgan fingerprint density at radius 1 is 1.30 bits per heavy atom. The number of thiophene rings is 1. The number of aryl methyl sites for hydroxylation is 1. The van der Waals surface area contributed by atoms with Crippen molar-refractivity contribution in [1.29, 1.82) is 0 Å². The lowest BCUT2D eigenvalue weighted by atomic mass is 9.97. The number of nitrogens with one attached hydrogen (secondary N) is 1. The predicted molar refractivity (Wildman–Crippen MR) is 84.5 cm³/mol. The van der Waals surface area contributed by atoms with E-state index in [4.69, 9.17) is 0 Å². The molecule has 2 nitrogen and oxygen atoms in total. The van der Waals surface area contributed by atoms with Crippen LogP contribution >= 0.6 is 11.3 Å². The molecule has 0 amide bonds. The van der Waals surface area contributed by atoms with E-state index in [0.29, 0.717) is 17.7 Å². The molecule has 1 aromatic heterocycles. The third-order valence-electron chi connectivity index (χ3n) is 4.33. The number of hydrogen-bond acceptors (Lipinski definition) is 3. The first-order valence-electron chi connectivity index (χ1n) is 7.19. The van der Waals surface area contributed by atoms with Crippen LogP contribution in [0, 0.1) is 6.92 Å². The van der Waals surface area contributed by atoms with Crippen LogP contribution in [-0.2, 0) is 0 Å². The molecule has 1 heterocycles. The van der Waals surface area contributed by atoms with Crippen molar-refractivity contribution in [3.8, 4) is 5.75 Å². The molecule has 3 atom stereocenters. The molecule has 2 aromatic rings. The Bertz CT molecular complexity index is 606. The Labute approximate surface area is 124 Å². The van der Waals surface area contributed by atoms with Gasteiger partial charge in [0.1, 0.15) is 5.75 Å². The summed E-state index contributed by atoms with van der Waals surface area (Å²) in [7, 11) is 0. The van der Waals surface area contributed by atoms with Crippen LogP contribution in [0.15, 0.2) is 29.6 Å². The first-order chi connectivity index (χ1) is 9.58. The van der Waals surface area contributed by atoms with Crippen LogP contribution in [-0.4, -0.2) is 5.11 Å². The lowest BCUT2D eigenvalue weighted by Gasteiger charge is -2.20. The lowest BCUT2D eigenvalue weighted by Crippen LogP contribution is -2.22. The summed E-state index contributed by atoms with van der Waals surface area (Å²) < 4.78 is 0. The van der Waals surface area contributed by atoms with Gasteiger partial charge in [0.2, 0.25) is 0 Å². The number of fused-ring (bicyclic) bond motifs is 1. The van der Waals surface area contributed by atoms with E-state index in [2.05, 4.69) is 43.6 Å². The largest absolute Gasteiger partial charge is 0.508 e. The van der Waals surface area contributed by atoms with Crippen molar-refractivity contribution in [2.75, 3.05) is 0 Å². The Balaban J connectivity index is 1.90. The molecule has 2 unspecified atom stereocenters. The molecule has 0 bridgehead atoms. The maximum Gasteiger partial charge on any atom is 0.120 e. The summed E-state index contributed by atoms with van der Waals surface area (Å²) in [5.41, 5.74) is 3.74. The zero-order valence-corrected chi connectivity index (χ0v) is 13.0. The first-order valence-corrected chi connectivity index (χ1v) is 8.07. The van der Waals surface area contributed by atoms with Gasteiger partial charge in [-0.2, -0.15) is 0 Å². The van der Waals surface area contributed by atoms with Crippen LogP contribution in [0.25, 0.3) is 0 Å². The average Bonchev–Trinajstić information content (AvgIpc) is 3.03. The molecule has 3 heteroatoms. The van der Waals surface area contributed by atoms with Crippen LogP contribution < -0.4 is 5.32 Å². The second-order valence-electron chi connectivity index (χ2n) is 5.82. The second kappa shape index (κ2) is 5.23. The van der Waals surface area contributed by atoms with Crippen molar-refractivity contribution in [1.82, 2.24) is 5.32 Å². The third kappa shape index (κ3) is 2.25. The van der Waals surface area contributed by atoms with Gasteiger partial charge in [0.15, 0.2) is 0 Å². The number of hydrogen-bond donors (Lipinski definition) is 2. The molecule has 0 spiro atoms. The smallest absolute Gasteiger partial charge is 0.120 e. The number of rotatable bonds is 3. The minimum Gasteiger partial charge on any atom is -0.508 e. The predicted octanol–water partition coefficient (Wildman–Crippen LogP) is 4.66. The lowest BCUT2D eigenvalue weighted by molar-refractivity contribution is 0.424. The molecule has 0 saturated heterocycles. The van der Waals surface area contributed by atoms with Gasteiger partial charge in [-0.1, -0.05) is 19.1 Å². The van der Waals surface area contributed by atoms with Gasteiger partial charge in [-0.25, -0.2) is 0 Å². The number of phenols is 1. The van der Waals surface area contributed by atoms with Gasteiger partial charge in [0.05, 0.1) is 0 Å². The Hall–Kier alpha value is -1.32. The number of benzene rings is 1. The summed E-state index contributed by atoms with van der Waals surface area (Å²) in [6.07, 6.45) is 1.06. The van der Waals surface area contributed by atoms with Crippen molar-refractivity contribution in [2.24, 2.45) is 0 Å². The molecule has 2 N–H and O–H groups in total. The highest BCUT2D eigenvalue weighted by molar-refractivity contribution is 7.10. The molecular formula is C17H21NOS. The van der Waals surface area contributed by atoms with E-state index in [9.17, 15) is 5.11 Å². The quantitative estimate of drug-likeness (QED) is 0.860. The molecular weight excluding hydrogens is 266 g/mol. The first kappa shape index (κ1) is 13.7. The normalized spacial score (nSPS) is 22.8. The molecule has 0 fully saturated rings. The van der Waals surface area contributed by atoms with Crippen molar-refractivity contribution >= 4 is 11.3 Å². The van der Waals surface area contributed by atoms with Gasteiger partial charge in [0.25, 0.3) is 0 Å². The number of aromatic hydroxyl groups is 1. The molecule has 1 aliphatic rings. The van der Waals surface area contributed by atoms with Gasteiger partial charge >= 0.3 is 0 Å². The van der Waals surface area contributed by atoms with E-state index in [-0.39, 0.29) is 6.04 Å². The topological polar surface area (TPSA) is 32.3 Å². The monoisotopic (exact) mass is 287 g/mol. The van der Waals surface area contributed by atoms with E-state index in [0.717, 1.165) is 12.0 Å². The second-order valence-corrected chi connectivity index (χ2v) is 6.80. The van der Waals surface area contributed by atoms with Gasteiger partial charge in [-0.05, 0) is 54.8 Å². The summed E-state index contributed by atoms with van der Waals surface area (Å²) in [5, 5.41) is 16.0. The van der Waals surface area contributed by atoms with E-state index in [1.807, 2.05) is 12.1 Å². The summed E-state index contributed by atoms with van der Waals surface area (Å²) in [6.45, 7) is 6.59. The standard InChI is InChI=1S/C17H21NOS/c1-10-6-7-14(19)17-13(9-11(2)16(10)17)18-12(3)15-5-4-8-20-15/h4-8,11-13,18-19H,9H2,1-3H3/t11?,12-,13?/m0/s1. The van der Waals surface area contributed by atoms with Gasteiger partial charge < -0.3 is 10.4 Å². The highest BCUT2D eigenvalue weighted by Gasteiger charge is 2.32. The molecule has 0 saturated carbocycles. The Morgan fingerprint density at radius 3 is 2.80 bits per heavy atom. The zero-order valence-electron chi connectivity index (χ0n) is 12.2. The van der Waals surface area contributed by atoms with Crippen LogP contribution in [0.5, 0.6) is 5.75 Å². The SMILES string of the molecule is Cc1ccc(O)c2c1C(C)CC2N[C@@H](C)c1cccs1. The van der Waals surface area contributed by atoms with E-state index < -0.39 is 0 Å². The number of phenolic OH excluding ortho intramolecular Hbond substituents is 1. The fourth-order valence-electron chi connectivity index (χ4n) is 3.42. The van der Waals surface area contributed by atoms with E-state index in [1.54, 1.807) is 11.3 Å². The zero-order chi connectivity index (χ0) is 14.3. The molecule has 1 aromatic carbocycles. The summed E-state index contributed by atoms with van der Waals surface area (Å²) in [5.74, 6) is 0.941. The molecule has 3 rings (SSSR count). The molecule has 106 valence electrons. The average molecular weight is 287 g/mol. The summed E-state index contributed by atoms with van der Waals surface area (Å²) in [6, 6.07) is 8.67. The molecule has 0 aliphatic heterocycles. The van der Waals surface area contributed by atoms with Gasteiger partial charge in [-0.3, -0.25) is 0 Å². The third-order valence-corrected chi connectivity index (χ3v) is 5.39. The Kier molecular flexibility index (Phi) is 3.57. The van der Waals surface area contributed by atoms with Crippen LogP contribution in [0.1, 0.15) is 59.8 Å². The van der Waals surface area contributed by atoms with Crippen molar-refractivity contribution in [3.63, 3.8) is 0 Å². The van der Waals surface area contributed by atoms with Crippen molar-refractivity contribution < 1.29 is 5.11 Å². The maximum absolute atomic E-state index is 10.3. The summed E-state index contributed by atoms with van der Waals surface area (Å²) in [4.78, 5) is 1.35. The summed E-state index contributed by atoms with van der Waals surface area (Å²) >= 11 is 1.78. The van der Waals surface area contributed by atoms with Crippen molar-refractivity contribution in [2.45, 2.75) is 45.2 Å². The van der Waals surface area contributed by atoms with E-state index in [1.165, 1.54) is 16.0 Å². The molecule has 1 aliphatic carbocycles. The maximum atomic E-state index is 10.3. The highest BCUT2D eigenvalue weighted by Crippen LogP contribution is 2.46.